The molecule has 4 nitrogen and oxygen atoms in total. The molecular formula is C8H8BrNO3. The van der Waals surface area contributed by atoms with Gasteiger partial charge in [0, 0.05) is 5.56 Å². The summed E-state index contributed by atoms with van der Waals surface area (Å²) in [5, 5.41) is 18.5. The molecule has 0 saturated carbocycles. The van der Waals surface area contributed by atoms with E-state index in [2.05, 4.69) is 15.9 Å². The highest BCUT2D eigenvalue weighted by atomic mass is 79.9. The molecule has 0 aliphatic heterocycles. The highest BCUT2D eigenvalue weighted by Crippen LogP contribution is 2.31. The van der Waals surface area contributed by atoms with Crippen LogP contribution in [0.4, 0.5) is 0 Å². The zero-order valence-electron chi connectivity index (χ0n) is 6.62. The zero-order valence-corrected chi connectivity index (χ0v) is 8.21. The van der Waals surface area contributed by atoms with Crippen molar-refractivity contribution < 1.29 is 15.0 Å². The maximum Gasteiger partial charge on any atom is 0.221 e. The molecule has 5 heteroatoms. The van der Waals surface area contributed by atoms with Crippen LogP contribution in [-0.2, 0) is 11.2 Å². The van der Waals surface area contributed by atoms with E-state index in [1.807, 2.05) is 0 Å². The highest BCUT2D eigenvalue weighted by molar-refractivity contribution is 9.10. The molecular weight excluding hydrogens is 238 g/mol. The fraction of sp³-hybridized carbons (Fsp3) is 0.125. The molecule has 70 valence electrons. The number of phenolic OH excluding ortho intramolecular Hbond substituents is 2. The van der Waals surface area contributed by atoms with Gasteiger partial charge >= 0.3 is 0 Å². The lowest BCUT2D eigenvalue weighted by Gasteiger charge is -2.04. The number of rotatable bonds is 2. The van der Waals surface area contributed by atoms with Crippen LogP contribution in [0, 0.1) is 0 Å². The van der Waals surface area contributed by atoms with E-state index in [0.29, 0.717) is 10.0 Å². The van der Waals surface area contributed by atoms with Crippen LogP contribution in [-0.4, -0.2) is 16.1 Å². The molecule has 1 aromatic rings. The van der Waals surface area contributed by atoms with Crippen LogP contribution < -0.4 is 5.73 Å². The van der Waals surface area contributed by atoms with Gasteiger partial charge in [-0.05, 0) is 28.1 Å². The lowest BCUT2D eigenvalue weighted by molar-refractivity contribution is -0.117. The second kappa shape index (κ2) is 3.66. The Hall–Kier alpha value is -1.23. The Labute approximate surface area is 83.1 Å². The summed E-state index contributed by atoms with van der Waals surface area (Å²) < 4.78 is 0.373. The molecule has 0 unspecified atom stereocenters. The molecule has 0 spiro atoms. The number of carbonyl (C=O) groups excluding carboxylic acids is 1. The molecule has 13 heavy (non-hydrogen) atoms. The Balaban J connectivity index is 3.08. The first-order valence-electron chi connectivity index (χ1n) is 3.49. The summed E-state index contributed by atoms with van der Waals surface area (Å²) in [6.45, 7) is 0. The van der Waals surface area contributed by atoms with Gasteiger partial charge in [0.1, 0.15) is 11.5 Å². The van der Waals surface area contributed by atoms with E-state index in [1.54, 1.807) is 0 Å². The number of amides is 1. The van der Waals surface area contributed by atoms with Gasteiger partial charge in [-0.25, -0.2) is 0 Å². The minimum atomic E-state index is -0.558. The summed E-state index contributed by atoms with van der Waals surface area (Å²) in [6, 6.07) is 2.61. The molecule has 0 radical (unpaired) electrons. The van der Waals surface area contributed by atoms with E-state index < -0.39 is 5.91 Å². The monoisotopic (exact) mass is 245 g/mol. The zero-order chi connectivity index (χ0) is 10.0. The fourth-order valence-electron chi connectivity index (χ4n) is 0.924. The van der Waals surface area contributed by atoms with Crippen molar-refractivity contribution >= 4 is 21.8 Å². The Bertz CT molecular complexity index is 351. The van der Waals surface area contributed by atoms with E-state index in [0.717, 1.165) is 0 Å². The number of primary amides is 1. The Morgan fingerprint density at radius 1 is 1.38 bits per heavy atom. The summed E-state index contributed by atoms with van der Waals surface area (Å²) >= 11 is 3.02. The van der Waals surface area contributed by atoms with Crippen molar-refractivity contribution in [1.29, 1.82) is 0 Å². The Morgan fingerprint density at radius 2 is 2.00 bits per heavy atom. The van der Waals surface area contributed by atoms with Crippen molar-refractivity contribution in [3.05, 3.63) is 22.2 Å². The Morgan fingerprint density at radius 3 is 2.54 bits per heavy atom. The van der Waals surface area contributed by atoms with Crippen molar-refractivity contribution in [2.45, 2.75) is 6.42 Å². The van der Waals surface area contributed by atoms with Gasteiger partial charge in [0.05, 0.1) is 10.9 Å². The van der Waals surface area contributed by atoms with Crippen molar-refractivity contribution in [3.63, 3.8) is 0 Å². The van der Waals surface area contributed by atoms with Gasteiger partial charge in [0.2, 0.25) is 5.91 Å². The third-order valence-corrected chi connectivity index (χ3v) is 2.15. The quantitative estimate of drug-likeness (QED) is 0.677. The SMILES string of the molecule is NC(=O)Cc1cc(O)c(Br)cc1O. The average molecular weight is 246 g/mol. The largest absolute Gasteiger partial charge is 0.508 e. The van der Waals surface area contributed by atoms with E-state index in [1.165, 1.54) is 12.1 Å². The normalized spacial score (nSPS) is 9.92. The first-order valence-corrected chi connectivity index (χ1v) is 4.28. The summed E-state index contributed by atoms with van der Waals surface area (Å²) in [5.41, 5.74) is 5.25. The third-order valence-electron chi connectivity index (χ3n) is 1.51. The Kier molecular flexibility index (Phi) is 2.77. The van der Waals surface area contributed by atoms with Crippen LogP contribution in [0.3, 0.4) is 0 Å². The van der Waals surface area contributed by atoms with Gasteiger partial charge in [-0.15, -0.1) is 0 Å². The smallest absolute Gasteiger partial charge is 0.221 e. The molecule has 1 rings (SSSR count). The summed E-state index contributed by atoms with van der Waals surface area (Å²) in [5.74, 6) is -0.658. The first kappa shape index (κ1) is 9.85. The van der Waals surface area contributed by atoms with Crippen LogP contribution >= 0.6 is 15.9 Å². The molecule has 0 atom stereocenters. The fourth-order valence-corrected chi connectivity index (χ4v) is 1.26. The number of halogens is 1. The first-order chi connectivity index (χ1) is 6.00. The predicted octanol–water partition coefficient (Wildman–Crippen LogP) is 0.888. The number of carbonyl (C=O) groups is 1. The summed E-state index contributed by atoms with van der Waals surface area (Å²) in [6.07, 6.45) is -0.0906. The lowest BCUT2D eigenvalue weighted by atomic mass is 10.1. The predicted molar refractivity (Wildman–Crippen MR) is 50.4 cm³/mol. The standard InChI is InChI=1S/C8H8BrNO3/c9-5-3-6(11)4(1-7(5)12)2-8(10)13/h1,3,11-12H,2H2,(H2,10,13). The lowest BCUT2D eigenvalue weighted by Crippen LogP contribution is -2.13. The maximum absolute atomic E-state index is 10.5. The molecule has 0 aliphatic carbocycles. The van der Waals surface area contributed by atoms with Crippen molar-refractivity contribution in [1.82, 2.24) is 0 Å². The second-order valence-electron chi connectivity index (χ2n) is 2.58. The van der Waals surface area contributed by atoms with Gasteiger partial charge in [-0.3, -0.25) is 4.79 Å². The van der Waals surface area contributed by atoms with Crippen LogP contribution in [0.5, 0.6) is 11.5 Å². The van der Waals surface area contributed by atoms with E-state index in [9.17, 15) is 15.0 Å². The molecule has 0 fully saturated rings. The van der Waals surface area contributed by atoms with Crippen molar-refractivity contribution in [2.24, 2.45) is 5.73 Å². The van der Waals surface area contributed by atoms with Gasteiger partial charge in [-0.2, -0.15) is 0 Å². The number of nitrogens with two attached hydrogens (primary N) is 1. The molecule has 0 heterocycles. The highest BCUT2D eigenvalue weighted by Gasteiger charge is 2.08. The van der Waals surface area contributed by atoms with Crippen molar-refractivity contribution in [3.8, 4) is 11.5 Å². The third kappa shape index (κ3) is 2.35. The average Bonchev–Trinajstić information content (AvgIpc) is 1.99. The molecule has 4 N–H and O–H groups in total. The summed E-state index contributed by atoms with van der Waals surface area (Å²) in [7, 11) is 0. The molecule has 0 saturated heterocycles. The van der Waals surface area contributed by atoms with Gasteiger partial charge in [-0.1, -0.05) is 0 Å². The van der Waals surface area contributed by atoms with Gasteiger partial charge in [0.25, 0.3) is 0 Å². The molecule has 1 amide bonds. The van der Waals surface area contributed by atoms with Crippen LogP contribution in [0.1, 0.15) is 5.56 Å². The molecule has 0 aromatic heterocycles. The number of phenols is 2. The van der Waals surface area contributed by atoms with E-state index >= 15 is 0 Å². The van der Waals surface area contributed by atoms with Crippen LogP contribution in [0.2, 0.25) is 0 Å². The van der Waals surface area contributed by atoms with E-state index in [4.69, 9.17) is 5.73 Å². The summed E-state index contributed by atoms with van der Waals surface area (Å²) in [4.78, 5) is 10.5. The minimum absolute atomic E-state index is 0.0333. The maximum atomic E-state index is 10.5. The van der Waals surface area contributed by atoms with Crippen LogP contribution in [0.25, 0.3) is 0 Å². The van der Waals surface area contributed by atoms with Gasteiger partial charge < -0.3 is 15.9 Å². The number of hydrogen-bond acceptors (Lipinski definition) is 3. The molecule has 0 bridgehead atoms. The number of aromatic hydroxyl groups is 2. The minimum Gasteiger partial charge on any atom is -0.508 e. The topological polar surface area (TPSA) is 83.6 Å². The molecule has 1 aromatic carbocycles. The number of hydrogen-bond donors (Lipinski definition) is 3. The van der Waals surface area contributed by atoms with E-state index in [-0.39, 0.29) is 17.9 Å². The number of benzene rings is 1. The second-order valence-corrected chi connectivity index (χ2v) is 3.43. The van der Waals surface area contributed by atoms with Crippen molar-refractivity contribution in [2.75, 3.05) is 0 Å². The van der Waals surface area contributed by atoms with Gasteiger partial charge in [0.15, 0.2) is 0 Å². The molecule has 0 aliphatic rings. The van der Waals surface area contributed by atoms with Crippen LogP contribution in [0.15, 0.2) is 16.6 Å².